The van der Waals surface area contributed by atoms with Crippen molar-refractivity contribution in [1.82, 2.24) is 4.90 Å². The summed E-state index contributed by atoms with van der Waals surface area (Å²) in [5, 5.41) is 9.49. The van der Waals surface area contributed by atoms with Crippen LogP contribution in [0.2, 0.25) is 0 Å². The lowest BCUT2D eigenvalue weighted by Crippen LogP contribution is -2.49. The molecule has 1 atom stereocenters. The van der Waals surface area contributed by atoms with Crippen molar-refractivity contribution in [2.45, 2.75) is 26.3 Å². The largest absolute Gasteiger partial charge is 0.493 e. The van der Waals surface area contributed by atoms with Crippen molar-refractivity contribution in [2.24, 2.45) is 0 Å². The summed E-state index contributed by atoms with van der Waals surface area (Å²) in [4.78, 5) is 26.9. The highest BCUT2D eigenvalue weighted by atomic mass is 32.2. The minimum absolute atomic E-state index is 0.0888. The van der Waals surface area contributed by atoms with Crippen molar-refractivity contribution in [1.29, 1.82) is 5.26 Å². The molecule has 2 heterocycles. The van der Waals surface area contributed by atoms with Crippen LogP contribution in [0.15, 0.2) is 34.9 Å². The maximum absolute atomic E-state index is 13.2. The van der Waals surface area contributed by atoms with E-state index in [2.05, 4.69) is 0 Å². The quantitative estimate of drug-likeness (QED) is 0.517. The van der Waals surface area contributed by atoms with Gasteiger partial charge in [0.15, 0.2) is 21.3 Å². The summed E-state index contributed by atoms with van der Waals surface area (Å²) in [7, 11) is -1.82. The molecule has 8 nitrogen and oxygen atoms in total. The van der Waals surface area contributed by atoms with Crippen LogP contribution in [0.1, 0.15) is 25.8 Å². The summed E-state index contributed by atoms with van der Waals surface area (Å²) in [6, 6.07) is 6.21. The average molecular weight is 430 g/mol. The zero-order valence-corrected chi connectivity index (χ0v) is 17.8. The highest BCUT2D eigenvalue weighted by Crippen LogP contribution is 2.33. The molecule has 0 unspecified atom stereocenters. The Morgan fingerprint density at radius 1 is 1.27 bits per heavy atom. The van der Waals surface area contributed by atoms with Crippen LogP contribution in [0.5, 0.6) is 11.5 Å². The molecule has 1 saturated heterocycles. The number of nitrogens with zero attached hydrogens (tertiary/aromatic N) is 2. The van der Waals surface area contributed by atoms with Crippen LogP contribution < -0.4 is 9.47 Å². The van der Waals surface area contributed by atoms with Crippen LogP contribution >= 0.6 is 0 Å². The predicted octanol–water partition coefficient (Wildman–Crippen LogP) is 1.87. The van der Waals surface area contributed by atoms with E-state index >= 15 is 0 Å². The van der Waals surface area contributed by atoms with E-state index in [1.165, 1.54) is 14.0 Å². The number of sulfone groups is 1. The van der Waals surface area contributed by atoms with Gasteiger partial charge in [-0.25, -0.2) is 8.42 Å². The van der Waals surface area contributed by atoms with Gasteiger partial charge in [-0.3, -0.25) is 14.5 Å². The molecule has 9 heteroatoms. The van der Waals surface area contributed by atoms with Gasteiger partial charge in [0.1, 0.15) is 11.6 Å². The minimum Gasteiger partial charge on any atom is -0.493 e. The SMILES string of the molecule is CCOc1ccc(/C=C2\C(=O)N([C@@H]3CCS(=O)(=O)C3)C(=O)C(C#N)=C2C)cc1OC. The number of nitriles is 1. The molecule has 1 aromatic rings. The van der Waals surface area contributed by atoms with Crippen molar-refractivity contribution in [3.05, 3.63) is 40.5 Å². The Balaban J connectivity index is 2.07. The maximum atomic E-state index is 13.2. The number of benzene rings is 1. The number of carbonyl (C=O) groups is 2. The van der Waals surface area contributed by atoms with Gasteiger partial charge in [-0.1, -0.05) is 6.07 Å². The molecule has 2 aliphatic rings. The molecule has 1 aromatic carbocycles. The first-order chi connectivity index (χ1) is 14.2. The fourth-order valence-corrected chi connectivity index (χ4v) is 5.33. The second kappa shape index (κ2) is 8.32. The zero-order chi connectivity index (χ0) is 22.1. The summed E-state index contributed by atoms with van der Waals surface area (Å²) in [5.41, 5.74) is 0.880. The standard InChI is InChI=1S/C21H22N2O6S/c1-4-29-18-6-5-14(10-19(18)28-3)9-16-13(2)17(11-22)21(25)23(20(16)24)15-7-8-30(26,27)12-15/h5-6,9-10,15H,4,7-8,12H2,1-3H3/b16-9-/t15-/m1/s1. The van der Waals surface area contributed by atoms with Gasteiger partial charge in [-0.15, -0.1) is 0 Å². The van der Waals surface area contributed by atoms with E-state index in [0.29, 0.717) is 23.7 Å². The van der Waals surface area contributed by atoms with Gasteiger partial charge in [0, 0.05) is 5.57 Å². The highest BCUT2D eigenvalue weighted by Gasteiger charge is 2.43. The van der Waals surface area contributed by atoms with Crippen molar-refractivity contribution in [3.8, 4) is 17.6 Å². The first kappa shape index (κ1) is 21.6. The smallest absolute Gasteiger partial charge is 0.271 e. The van der Waals surface area contributed by atoms with Crippen molar-refractivity contribution in [3.63, 3.8) is 0 Å². The van der Waals surface area contributed by atoms with E-state index in [4.69, 9.17) is 9.47 Å². The van der Waals surface area contributed by atoms with Crippen LogP contribution in [0.3, 0.4) is 0 Å². The lowest BCUT2D eigenvalue weighted by molar-refractivity contribution is -0.142. The average Bonchev–Trinajstić information content (AvgIpc) is 3.06. The van der Waals surface area contributed by atoms with Crippen LogP contribution in [0.4, 0.5) is 0 Å². The molecular formula is C21H22N2O6S. The molecule has 0 radical (unpaired) electrons. The molecule has 0 aliphatic carbocycles. The van der Waals surface area contributed by atoms with E-state index in [1.54, 1.807) is 24.3 Å². The molecule has 0 saturated carbocycles. The number of imide groups is 1. The van der Waals surface area contributed by atoms with Gasteiger partial charge in [0.05, 0.1) is 31.3 Å². The molecule has 1 fully saturated rings. The first-order valence-electron chi connectivity index (χ1n) is 9.44. The molecule has 0 bridgehead atoms. The number of rotatable bonds is 5. The Kier molecular flexibility index (Phi) is 5.99. The van der Waals surface area contributed by atoms with E-state index in [0.717, 1.165) is 4.90 Å². The first-order valence-corrected chi connectivity index (χ1v) is 11.3. The number of hydrogen-bond acceptors (Lipinski definition) is 7. The van der Waals surface area contributed by atoms with Gasteiger partial charge in [-0.2, -0.15) is 5.26 Å². The van der Waals surface area contributed by atoms with Gasteiger partial charge in [0.2, 0.25) is 0 Å². The van der Waals surface area contributed by atoms with Crippen LogP contribution in [0.25, 0.3) is 6.08 Å². The third-order valence-electron chi connectivity index (χ3n) is 5.14. The van der Waals surface area contributed by atoms with Gasteiger partial charge < -0.3 is 9.47 Å². The maximum Gasteiger partial charge on any atom is 0.271 e. The van der Waals surface area contributed by atoms with Crippen molar-refractivity contribution < 1.29 is 27.5 Å². The highest BCUT2D eigenvalue weighted by molar-refractivity contribution is 7.91. The second-order valence-electron chi connectivity index (χ2n) is 7.05. The van der Waals surface area contributed by atoms with Crippen LogP contribution in [-0.2, 0) is 19.4 Å². The van der Waals surface area contributed by atoms with E-state index < -0.39 is 27.7 Å². The fraction of sp³-hybridized carbons (Fsp3) is 0.381. The fourth-order valence-electron chi connectivity index (χ4n) is 3.63. The number of ether oxygens (including phenoxy) is 2. The molecule has 2 amide bonds. The second-order valence-corrected chi connectivity index (χ2v) is 9.28. The number of amides is 2. The Morgan fingerprint density at radius 3 is 2.57 bits per heavy atom. The zero-order valence-electron chi connectivity index (χ0n) is 17.0. The molecule has 0 aromatic heterocycles. The number of methoxy groups -OCH3 is 1. The predicted molar refractivity (Wildman–Crippen MR) is 109 cm³/mol. The molecular weight excluding hydrogens is 408 g/mol. The number of carbonyl (C=O) groups excluding carboxylic acids is 2. The Hall–Kier alpha value is -3.12. The molecule has 30 heavy (non-hydrogen) atoms. The van der Waals surface area contributed by atoms with Crippen molar-refractivity contribution >= 4 is 27.7 Å². The molecule has 3 rings (SSSR count). The molecule has 0 spiro atoms. The van der Waals surface area contributed by atoms with Gasteiger partial charge in [0.25, 0.3) is 11.8 Å². The Labute approximate surface area is 175 Å². The lowest BCUT2D eigenvalue weighted by atomic mass is 9.92. The van der Waals surface area contributed by atoms with E-state index in [9.17, 15) is 23.3 Å². The monoisotopic (exact) mass is 430 g/mol. The van der Waals surface area contributed by atoms with Crippen LogP contribution in [0, 0.1) is 11.3 Å². The number of hydrogen-bond donors (Lipinski definition) is 0. The third-order valence-corrected chi connectivity index (χ3v) is 6.90. The lowest BCUT2D eigenvalue weighted by Gasteiger charge is -2.31. The summed E-state index contributed by atoms with van der Waals surface area (Å²) in [5.74, 6) is -0.697. The normalized spacial score (nSPS) is 22.4. The summed E-state index contributed by atoms with van der Waals surface area (Å²) >= 11 is 0. The van der Waals surface area contributed by atoms with Gasteiger partial charge in [-0.05, 0) is 49.6 Å². The summed E-state index contributed by atoms with van der Waals surface area (Å²) in [6.45, 7) is 3.85. The Morgan fingerprint density at radius 2 is 2.00 bits per heavy atom. The Bertz CT molecular complexity index is 1110. The molecule has 0 N–H and O–H groups in total. The topological polar surface area (TPSA) is 114 Å². The molecule has 2 aliphatic heterocycles. The van der Waals surface area contributed by atoms with E-state index in [-0.39, 0.29) is 34.6 Å². The summed E-state index contributed by atoms with van der Waals surface area (Å²) in [6.07, 6.45) is 1.73. The van der Waals surface area contributed by atoms with Gasteiger partial charge >= 0.3 is 0 Å². The minimum atomic E-state index is -3.32. The van der Waals surface area contributed by atoms with E-state index in [1.807, 2.05) is 13.0 Å². The van der Waals surface area contributed by atoms with Crippen LogP contribution in [-0.4, -0.2) is 56.4 Å². The summed E-state index contributed by atoms with van der Waals surface area (Å²) < 4.78 is 34.6. The third kappa shape index (κ3) is 3.96. The molecule has 158 valence electrons. The van der Waals surface area contributed by atoms with Crippen molar-refractivity contribution in [2.75, 3.05) is 25.2 Å².